The monoisotopic (exact) mass is 503 g/mol. The first-order valence-electron chi connectivity index (χ1n) is 13.5. The number of alkyl carbamates (subject to hydrolysis) is 1. The molecular weight excluding hydrogens is 454 g/mol. The summed E-state index contributed by atoms with van der Waals surface area (Å²) in [7, 11) is 0. The molecule has 1 aromatic carbocycles. The van der Waals surface area contributed by atoms with Crippen LogP contribution in [0.4, 0.5) is 4.79 Å². The van der Waals surface area contributed by atoms with Crippen molar-refractivity contribution in [3.63, 3.8) is 0 Å². The van der Waals surface area contributed by atoms with E-state index in [0.717, 1.165) is 55.2 Å². The maximum atomic E-state index is 13.8. The Bertz CT molecular complexity index is 842. The average Bonchev–Trinajstić information content (AvgIpc) is 2.73. The molecule has 0 aliphatic heterocycles. The lowest BCUT2D eigenvalue weighted by atomic mass is 9.97. The van der Waals surface area contributed by atoms with Crippen LogP contribution in [-0.4, -0.2) is 47.0 Å². The van der Waals surface area contributed by atoms with Gasteiger partial charge in [-0.25, -0.2) is 4.79 Å². The van der Waals surface area contributed by atoms with Gasteiger partial charge in [0.1, 0.15) is 17.7 Å². The summed E-state index contributed by atoms with van der Waals surface area (Å²) in [6.07, 6.45) is 5.01. The Morgan fingerprint density at radius 2 is 1.53 bits per heavy atom. The molecule has 0 aliphatic rings. The first-order chi connectivity index (χ1) is 16.8. The van der Waals surface area contributed by atoms with E-state index in [9.17, 15) is 14.4 Å². The summed E-state index contributed by atoms with van der Waals surface area (Å²) in [5.41, 5.74) is 2.16. The van der Waals surface area contributed by atoms with Crippen molar-refractivity contribution in [1.29, 1.82) is 0 Å². The number of amides is 3. The van der Waals surface area contributed by atoms with Crippen molar-refractivity contribution in [2.24, 2.45) is 0 Å². The number of unbranched alkanes of at least 4 members (excludes halogenated alkanes) is 3. The molecule has 7 nitrogen and oxygen atoms in total. The molecule has 0 aromatic heterocycles. The first kappa shape index (κ1) is 31.5. The second-order valence-corrected chi connectivity index (χ2v) is 11.0. The van der Waals surface area contributed by atoms with Gasteiger partial charge in [-0.3, -0.25) is 9.59 Å². The van der Waals surface area contributed by atoms with Crippen molar-refractivity contribution in [1.82, 2.24) is 15.5 Å². The van der Waals surface area contributed by atoms with Crippen molar-refractivity contribution in [3.8, 4) is 0 Å². The minimum absolute atomic E-state index is 0.00902. The van der Waals surface area contributed by atoms with Gasteiger partial charge in [0, 0.05) is 12.6 Å². The number of carbonyl (C=O) groups is 3. The standard InChI is InChI=1S/C29H49N3O4/c1-10-12-13-14-16-32(27(34)23(6)31-28(35)36-29(7,8)9)25(26(33)30-22(5)15-11-2)24-18-20(3)17-21(4)19-24/h17-19,22-23,25H,10-16H2,1-9H3,(H,30,33)(H,31,35). The first-order valence-corrected chi connectivity index (χ1v) is 13.5. The van der Waals surface area contributed by atoms with E-state index in [0.29, 0.717) is 6.54 Å². The molecule has 2 N–H and O–H groups in total. The molecule has 0 bridgehead atoms. The molecular formula is C29H49N3O4. The molecule has 3 amide bonds. The van der Waals surface area contributed by atoms with Gasteiger partial charge in [0.2, 0.25) is 11.8 Å². The lowest BCUT2D eigenvalue weighted by Crippen LogP contribution is -2.52. The third-order valence-electron chi connectivity index (χ3n) is 5.87. The minimum Gasteiger partial charge on any atom is -0.444 e. The average molecular weight is 504 g/mol. The van der Waals surface area contributed by atoms with E-state index in [2.05, 4.69) is 30.5 Å². The normalized spacial score (nSPS) is 13.9. The zero-order valence-electron chi connectivity index (χ0n) is 24.0. The third kappa shape index (κ3) is 11.0. The van der Waals surface area contributed by atoms with Crippen LogP contribution in [0.3, 0.4) is 0 Å². The van der Waals surface area contributed by atoms with Crippen molar-refractivity contribution < 1.29 is 19.1 Å². The number of ether oxygens (including phenoxy) is 1. The van der Waals surface area contributed by atoms with Gasteiger partial charge >= 0.3 is 6.09 Å². The van der Waals surface area contributed by atoms with Crippen molar-refractivity contribution in [2.75, 3.05) is 6.54 Å². The van der Waals surface area contributed by atoms with E-state index in [-0.39, 0.29) is 17.9 Å². The van der Waals surface area contributed by atoms with Crippen LogP contribution in [0.5, 0.6) is 0 Å². The van der Waals surface area contributed by atoms with Gasteiger partial charge in [-0.05, 0) is 66.9 Å². The molecule has 0 fully saturated rings. The molecule has 0 saturated heterocycles. The molecule has 36 heavy (non-hydrogen) atoms. The van der Waals surface area contributed by atoms with Crippen molar-refractivity contribution in [2.45, 2.75) is 125 Å². The topological polar surface area (TPSA) is 87.7 Å². The summed E-state index contributed by atoms with van der Waals surface area (Å²) in [5.74, 6) is -0.505. The van der Waals surface area contributed by atoms with Gasteiger partial charge in [-0.1, -0.05) is 68.9 Å². The second kappa shape index (κ2) is 14.9. The van der Waals surface area contributed by atoms with E-state index in [1.54, 1.807) is 32.6 Å². The highest BCUT2D eigenvalue weighted by Crippen LogP contribution is 2.26. The summed E-state index contributed by atoms with van der Waals surface area (Å²) in [6, 6.07) is 4.35. The maximum Gasteiger partial charge on any atom is 0.408 e. The Labute approximate surface area is 218 Å². The predicted octanol–water partition coefficient (Wildman–Crippen LogP) is 5.97. The molecule has 1 aromatic rings. The molecule has 0 heterocycles. The van der Waals surface area contributed by atoms with Gasteiger partial charge in [-0.2, -0.15) is 0 Å². The summed E-state index contributed by atoms with van der Waals surface area (Å²) in [6.45, 7) is 17.6. The lowest BCUT2D eigenvalue weighted by molar-refractivity contribution is -0.142. The van der Waals surface area contributed by atoms with Crippen molar-refractivity contribution in [3.05, 3.63) is 34.9 Å². The summed E-state index contributed by atoms with van der Waals surface area (Å²) in [4.78, 5) is 41.5. The van der Waals surface area contributed by atoms with Crippen LogP contribution < -0.4 is 10.6 Å². The molecule has 7 heteroatoms. The molecule has 3 atom stereocenters. The summed E-state index contributed by atoms with van der Waals surface area (Å²) in [5, 5.41) is 5.78. The number of hydrogen-bond acceptors (Lipinski definition) is 4. The maximum absolute atomic E-state index is 13.8. The number of hydrogen-bond donors (Lipinski definition) is 2. The Morgan fingerprint density at radius 1 is 0.917 bits per heavy atom. The number of aryl methyl sites for hydroxylation is 2. The summed E-state index contributed by atoms with van der Waals surface area (Å²) >= 11 is 0. The van der Waals surface area contributed by atoms with Crippen LogP contribution in [0, 0.1) is 13.8 Å². The molecule has 0 saturated carbocycles. The number of benzene rings is 1. The zero-order valence-corrected chi connectivity index (χ0v) is 24.0. The van der Waals surface area contributed by atoms with Crippen LogP contribution in [0.2, 0.25) is 0 Å². The Kier molecular flexibility index (Phi) is 13.0. The second-order valence-electron chi connectivity index (χ2n) is 11.0. The van der Waals surface area contributed by atoms with Crippen molar-refractivity contribution >= 4 is 17.9 Å². The van der Waals surface area contributed by atoms with Gasteiger partial charge in [0.05, 0.1) is 0 Å². The fraction of sp³-hybridized carbons (Fsp3) is 0.690. The molecule has 0 spiro atoms. The highest BCUT2D eigenvalue weighted by atomic mass is 16.6. The third-order valence-corrected chi connectivity index (χ3v) is 5.87. The van der Waals surface area contributed by atoms with E-state index in [1.165, 1.54) is 0 Å². The predicted molar refractivity (Wildman–Crippen MR) is 146 cm³/mol. The Hall–Kier alpha value is -2.57. The number of rotatable bonds is 13. The van der Waals surface area contributed by atoms with Crippen LogP contribution in [-0.2, 0) is 14.3 Å². The van der Waals surface area contributed by atoms with Crippen LogP contribution in [0.1, 0.15) is 110 Å². The molecule has 0 radical (unpaired) electrons. The highest BCUT2D eigenvalue weighted by molar-refractivity contribution is 5.92. The number of nitrogens with zero attached hydrogens (tertiary/aromatic N) is 1. The zero-order chi connectivity index (χ0) is 27.5. The molecule has 3 unspecified atom stereocenters. The number of nitrogens with one attached hydrogen (secondary N) is 2. The number of carbonyl (C=O) groups excluding carboxylic acids is 3. The van der Waals surface area contributed by atoms with E-state index < -0.39 is 23.8 Å². The SMILES string of the molecule is CCCCCCN(C(=O)C(C)NC(=O)OC(C)(C)C)C(C(=O)NC(C)CCC)c1cc(C)cc(C)c1. The van der Waals surface area contributed by atoms with Crippen LogP contribution >= 0.6 is 0 Å². The molecule has 1 rings (SSSR count). The van der Waals surface area contributed by atoms with Crippen LogP contribution in [0.15, 0.2) is 18.2 Å². The minimum atomic E-state index is -0.847. The summed E-state index contributed by atoms with van der Waals surface area (Å²) < 4.78 is 5.35. The van der Waals surface area contributed by atoms with Gasteiger partial charge in [-0.15, -0.1) is 0 Å². The van der Waals surface area contributed by atoms with Crippen LogP contribution in [0.25, 0.3) is 0 Å². The largest absolute Gasteiger partial charge is 0.444 e. The molecule has 0 aliphatic carbocycles. The highest BCUT2D eigenvalue weighted by Gasteiger charge is 2.35. The fourth-order valence-electron chi connectivity index (χ4n) is 4.34. The Balaban J connectivity index is 3.38. The lowest BCUT2D eigenvalue weighted by Gasteiger charge is -2.34. The van der Waals surface area contributed by atoms with E-state index in [1.807, 2.05) is 32.9 Å². The van der Waals surface area contributed by atoms with Gasteiger partial charge in [0.15, 0.2) is 0 Å². The van der Waals surface area contributed by atoms with Gasteiger partial charge in [0.25, 0.3) is 0 Å². The Morgan fingerprint density at radius 3 is 2.06 bits per heavy atom. The van der Waals surface area contributed by atoms with E-state index in [4.69, 9.17) is 4.74 Å². The quantitative estimate of drug-likeness (QED) is 0.325. The molecule has 204 valence electrons. The fourth-order valence-corrected chi connectivity index (χ4v) is 4.34. The smallest absolute Gasteiger partial charge is 0.408 e. The van der Waals surface area contributed by atoms with Gasteiger partial charge < -0.3 is 20.3 Å². The van der Waals surface area contributed by atoms with E-state index >= 15 is 0 Å².